The number of carbonyl (C=O) groups excluding carboxylic acids is 1. The highest BCUT2D eigenvalue weighted by Crippen LogP contribution is 2.48. The van der Waals surface area contributed by atoms with Crippen molar-refractivity contribution in [3.05, 3.63) is 65.2 Å². The molecule has 5 rings (SSSR count). The molecule has 2 fully saturated rings. The smallest absolute Gasteiger partial charge is 0.344 e. The molecule has 1 aliphatic heterocycles. The van der Waals surface area contributed by atoms with Gasteiger partial charge in [-0.15, -0.1) is 0 Å². The number of esters is 1. The molecule has 0 spiro atoms. The van der Waals surface area contributed by atoms with Gasteiger partial charge in [-0.1, -0.05) is 68.7 Å². The summed E-state index contributed by atoms with van der Waals surface area (Å²) in [6, 6.07) is 15.8. The van der Waals surface area contributed by atoms with Gasteiger partial charge in [0.15, 0.2) is 12.9 Å². The maximum Gasteiger partial charge on any atom is 0.344 e. The van der Waals surface area contributed by atoms with Crippen molar-refractivity contribution >= 4 is 5.97 Å². The first kappa shape index (κ1) is 30.1. The normalized spacial score (nSPS) is 26.1. The van der Waals surface area contributed by atoms with Crippen molar-refractivity contribution < 1.29 is 28.8 Å². The fraction of sp³-hybridized carbons (Fsp3) is 0.629. The van der Waals surface area contributed by atoms with Crippen LogP contribution in [-0.4, -0.2) is 42.8 Å². The van der Waals surface area contributed by atoms with Gasteiger partial charge >= 0.3 is 5.97 Å². The summed E-state index contributed by atoms with van der Waals surface area (Å²) < 4.78 is 23.8. The Hall–Kier alpha value is -2.41. The van der Waals surface area contributed by atoms with E-state index in [9.17, 15) is 9.90 Å². The van der Waals surface area contributed by atoms with Crippen LogP contribution < -0.4 is 4.74 Å². The van der Waals surface area contributed by atoms with Gasteiger partial charge in [-0.3, -0.25) is 0 Å². The molecule has 6 heteroatoms. The second-order valence-electron chi connectivity index (χ2n) is 12.3. The van der Waals surface area contributed by atoms with Gasteiger partial charge in [0, 0.05) is 6.61 Å². The minimum atomic E-state index is -0.370. The number of carbonyl (C=O) groups is 1. The van der Waals surface area contributed by atoms with E-state index in [0.29, 0.717) is 11.8 Å². The molecule has 2 aromatic carbocycles. The molecule has 41 heavy (non-hydrogen) atoms. The lowest BCUT2D eigenvalue weighted by atomic mass is 9.73. The minimum Gasteiger partial charge on any atom is -0.482 e. The third-order valence-electron chi connectivity index (χ3n) is 9.37. The van der Waals surface area contributed by atoms with Crippen LogP contribution in [0.1, 0.15) is 87.8 Å². The number of aliphatic hydroxyl groups is 1. The Morgan fingerprint density at radius 3 is 2.73 bits per heavy atom. The summed E-state index contributed by atoms with van der Waals surface area (Å²) in [7, 11) is 0. The van der Waals surface area contributed by atoms with Crippen molar-refractivity contribution in [3.8, 4) is 5.75 Å². The zero-order valence-corrected chi connectivity index (χ0v) is 24.7. The molecular weight excluding hydrogens is 516 g/mol. The molecule has 0 radical (unpaired) electrons. The van der Waals surface area contributed by atoms with Gasteiger partial charge in [0.2, 0.25) is 0 Å². The zero-order chi connectivity index (χ0) is 28.4. The number of ether oxygens (including phenoxy) is 4. The van der Waals surface area contributed by atoms with Gasteiger partial charge in [0.25, 0.3) is 0 Å². The van der Waals surface area contributed by atoms with E-state index in [1.165, 1.54) is 36.8 Å². The van der Waals surface area contributed by atoms with Gasteiger partial charge in [0.05, 0.1) is 12.2 Å². The Labute approximate surface area is 245 Å². The quantitative estimate of drug-likeness (QED) is 0.201. The monoisotopic (exact) mass is 564 g/mol. The minimum absolute atomic E-state index is 0.0628. The van der Waals surface area contributed by atoms with Crippen molar-refractivity contribution in [1.82, 2.24) is 0 Å². The molecule has 6 atom stereocenters. The lowest BCUT2D eigenvalue weighted by Gasteiger charge is -2.33. The molecule has 1 unspecified atom stereocenters. The molecule has 6 nitrogen and oxygen atoms in total. The molecule has 224 valence electrons. The van der Waals surface area contributed by atoms with E-state index in [4.69, 9.17) is 18.9 Å². The second kappa shape index (κ2) is 15.2. The molecule has 1 heterocycles. The molecule has 1 saturated carbocycles. The van der Waals surface area contributed by atoms with Crippen molar-refractivity contribution in [1.29, 1.82) is 0 Å². The highest BCUT2D eigenvalue weighted by molar-refractivity contribution is 5.71. The third kappa shape index (κ3) is 8.33. The van der Waals surface area contributed by atoms with E-state index in [2.05, 4.69) is 13.0 Å². The second-order valence-corrected chi connectivity index (χ2v) is 12.3. The number of aliphatic hydroxyl groups excluding tert-OH is 1. The fourth-order valence-electron chi connectivity index (χ4n) is 7.17. The summed E-state index contributed by atoms with van der Waals surface area (Å²) in [5, 5.41) is 11.2. The first-order chi connectivity index (χ1) is 20.1. The molecule has 1 saturated heterocycles. The Morgan fingerprint density at radius 1 is 1.05 bits per heavy atom. The van der Waals surface area contributed by atoms with Crippen LogP contribution in [0.5, 0.6) is 5.75 Å². The molecule has 1 N–H and O–H groups in total. The van der Waals surface area contributed by atoms with E-state index >= 15 is 0 Å². The summed E-state index contributed by atoms with van der Waals surface area (Å²) in [6.45, 7) is 3.19. The average Bonchev–Trinajstić information content (AvgIpc) is 3.31. The van der Waals surface area contributed by atoms with Crippen molar-refractivity contribution in [2.45, 2.75) is 109 Å². The summed E-state index contributed by atoms with van der Waals surface area (Å²) >= 11 is 0. The van der Waals surface area contributed by atoms with Gasteiger partial charge in [0.1, 0.15) is 12.4 Å². The van der Waals surface area contributed by atoms with E-state index in [0.717, 1.165) is 69.3 Å². The summed E-state index contributed by atoms with van der Waals surface area (Å²) in [4.78, 5) is 12.4. The van der Waals surface area contributed by atoms with Crippen molar-refractivity contribution in [3.63, 3.8) is 0 Å². The molecule has 2 aliphatic carbocycles. The lowest BCUT2D eigenvalue weighted by Crippen LogP contribution is -2.31. The highest BCUT2D eigenvalue weighted by atomic mass is 16.7. The van der Waals surface area contributed by atoms with Gasteiger partial charge in [-0.25, -0.2) is 4.79 Å². The van der Waals surface area contributed by atoms with Crippen LogP contribution in [0.25, 0.3) is 0 Å². The maximum atomic E-state index is 12.4. The molecule has 0 amide bonds. The van der Waals surface area contributed by atoms with E-state index in [1.54, 1.807) is 0 Å². The Balaban J connectivity index is 1.16. The molecule has 2 aromatic rings. The number of hydrogen-bond donors (Lipinski definition) is 1. The fourth-order valence-corrected chi connectivity index (χ4v) is 7.17. The summed E-state index contributed by atoms with van der Waals surface area (Å²) in [5.41, 5.74) is 3.43. The number of unbranched alkanes of at least 4 members (excludes halogenated alkanes) is 2. The maximum absolute atomic E-state index is 12.4. The first-order valence-electron chi connectivity index (χ1n) is 16.0. The van der Waals surface area contributed by atoms with Crippen LogP contribution in [0.15, 0.2) is 48.5 Å². The van der Waals surface area contributed by atoms with E-state index in [-0.39, 0.29) is 43.6 Å². The zero-order valence-electron chi connectivity index (χ0n) is 24.7. The number of rotatable bonds is 14. The van der Waals surface area contributed by atoms with Crippen LogP contribution in [0, 0.1) is 17.8 Å². The summed E-state index contributed by atoms with van der Waals surface area (Å²) in [5.74, 6) is 1.58. The molecule has 3 aliphatic rings. The number of hydrogen-bond acceptors (Lipinski definition) is 6. The number of benzene rings is 2. The van der Waals surface area contributed by atoms with Crippen LogP contribution in [-0.2, 0) is 38.5 Å². The largest absolute Gasteiger partial charge is 0.482 e. The predicted octanol–water partition coefficient (Wildman–Crippen LogP) is 6.79. The Bertz CT molecular complexity index is 1080. The van der Waals surface area contributed by atoms with Crippen LogP contribution >= 0.6 is 0 Å². The third-order valence-corrected chi connectivity index (χ3v) is 9.37. The van der Waals surface area contributed by atoms with Crippen molar-refractivity contribution in [2.24, 2.45) is 17.8 Å². The van der Waals surface area contributed by atoms with Gasteiger partial charge < -0.3 is 24.1 Å². The number of fused-ring (bicyclic) bond motifs is 2. The van der Waals surface area contributed by atoms with Gasteiger partial charge in [-0.05, 0) is 98.3 Å². The lowest BCUT2D eigenvalue weighted by molar-refractivity contribution is -0.191. The molecule has 0 aromatic heterocycles. The van der Waals surface area contributed by atoms with E-state index in [1.807, 2.05) is 42.5 Å². The SMILES string of the molecule is CCCCC[C@@H](CC[C@@H]1[C@H]2Cc3cccc(OCC(=O)OCc4ccccc4)c3C[C@H]2C[C@H]1O)OC1CCCCO1. The van der Waals surface area contributed by atoms with Crippen molar-refractivity contribution in [2.75, 3.05) is 13.2 Å². The Kier molecular flexibility index (Phi) is 11.1. The highest BCUT2D eigenvalue weighted by Gasteiger charge is 2.45. The Morgan fingerprint density at radius 2 is 1.93 bits per heavy atom. The molecular formula is C35H48O6. The summed E-state index contributed by atoms with van der Waals surface area (Å²) in [6.07, 6.45) is 12.5. The average molecular weight is 565 g/mol. The standard InChI is InChI=1S/C35H48O6/c1-2-3-5-14-28(41-35-16-8-9-19-38-35)17-18-29-30-20-26-13-10-15-33(31(26)21-27(30)22-32(29)36)39-24-34(37)40-23-25-11-6-4-7-12-25/h4,6-7,10-13,15,27-30,32,35-36H,2-3,5,8-9,14,16-24H2,1H3/t27-,28-,29+,30-,32+,35?/m0/s1. The predicted molar refractivity (Wildman–Crippen MR) is 159 cm³/mol. The van der Waals surface area contributed by atoms with Crippen LogP contribution in [0.2, 0.25) is 0 Å². The first-order valence-corrected chi connectivity index (χ1v) is 16.0. The van der Waals surface area contributed by atoms with Crippen LogP contribution in [0.3, 0.4) is 0 Å². The molecule has 0 bridgehead atoms. The van der Waals surface area contributed by atoms with Crippen LogP contribution in [0.4, 0.5) is 0 Å². The topological polar surface area (TPSA) is 74.2 Å². The van der Waals surface area contributed by atoms with Gasteiger partial charge in [-0.2, -0.15) is 0 Å². The van der Waals surface area contributed by atoms with E-state index < -0.39 is 0 Å².